The predicted octanol–water partition coefficient (Wildman–Crippen LogP) is 2.16. The summed E-state index contributed by atoms with van der Waals surface area (Å²) in [6, 6.07) is -0.775. The number of likely N-dealkylation sites (N-methyl/N-ethyl adjacent to an activating group) is 1. The molecule has 1 saturated carbocycles. The molecule has 0 unspecified atom stereocenters. The molecule has 8 nitrogen and oxygen atoms in total. The number of carbonyl (C=O) groups excluding carboxylic acids is 1. The van der Waals surface area contributed by atoms with E-state index in [-0.39, 0.29) is 23.2 Å². The number of rotatable bonds is 4. The highest BCUT2D eigenvalue weighted by molar-refractivity contribution is 6.28. The number of methoxy groups -OCH3 is 1. The van der Waals surface area contributed by atoms with Gasteiger partial charge in [-0.1, -0.05) is 18.3 Å². The summed E-state index contributed by atoms with van der Waals surface area (Å²) in [6.07, 6.45) is 3.80. The first kappa shape index (κ1) is 20.8. The fourth-order valence-corrected chi connectivity index (χ4v) is 3.01. The van der Waals surface area contributed by atoms with Crippen LogP contribution in [0.4, 0.5) is 4.79 Å². The standard InChI is InChI=1S/C18H23ClN4O4/c1-11(23(2)18(25)26)15(24)21-14-6-4-5-12(9-14)7-8-13-10-20-17(19)22-16(13)27-3/h10-12,14H,4-6,9H2,1-3H3,(H,21,24)(H,25,26)/t11-,12-,14-/m0/s1. The van der Waals surface area contributed by atoms with Crippen LogP contribution in [-0.4, -0.2) is 58.2 Å². The summed E-state index contributed by atoms with van der Waals surface area (Å²) in [4.78, 5) is 32.1. The molecule has 0 aliphatic heterocycles. The minimum Gasteiger partial charge on any atom is -0.480 e. The van der Waals surface area contributed by atoms with Gasteiger partial charge in [-0.2, -0.15) is 4.98 Å². The Labute approximate surface area is 163 Å². The van der Waals surface area contributed by atoms with E-state index >= 15 is 0 Å². The Hall–Kier alpha value is -2.53. The van der Waals surface area contributed by atoms with E-state index in [9.17, 15) is 9.59 Å². The number of nitrogens with zero attached hydrogens (tertiary/aromatic N) is 3. The Balaban J connectivity index is 1.99. The number of carbonyl (C=O) groups is 2. The summed E-state index contributed by atoms with van der Waals surface area (Å²) < 4.78 is 5.16. The number of ether oxygens (including phenoxy) is 1. The third-order valence-corrected chi connectivity index (χ3v) is 4.79. The minimum absolute atomic E-state index is 0.0291. The smallest absolute Gasteiger partial charge is 0.407 e. The van der Waals surface area contributed by atoms with Gasteiger partial charge in [-0.15, -0.1) is 0 Å². The summed E-state index contributed by atoms with van der Waals surface area (Å²) in [7, 11) is 2.87. The number of hydrogen-bond acceptors (Lipinski definition) is 5. The zero-order valence-electron chi connectivity index (χ0n) is 15.5. The summed E-state index contributed by atoms with van der Waals surface area (Å²) in [6.45, 7) is 1.57. The van der Waals surface area contributed by atoms with Crippen LogP contribution in [0, 0.1) is 17.8 Å². The van der Waals surface area contributed by atoms with E-state index in [1.54, 1.807) is 6.92 Å². The van der Waals surface area contributed by atoms with Crippen LogP contribution < -0.4 is 10.1 Å². The highest BCUT2D eigenvalue weighted by Crippen LogP contribution is 2.24. The van der Waals surface area contributed by atoms with Gasteiger partial charge in [0, 0.05) is 19.0 Å². The van der Waals surface area contributed by atoms with Crippen LogP contribution in [-0.2, 0) is 4.79 Å². The number of aromatic nitrogens is 2. The quantitative estimate of drug-likeness (QED) is 0.599. The maximum atomic E-state index is 12.3. The van der Waals surface area contributed by atoms with Gasteiger partial charge >= 0.3 is 6.09 Å². The Morgan fingerprint density at radius 1 is 1.48 bits per heavy atom. The van der Waals surface area contributed by atoms with Gasteiger partial charge in [0.15, 0.2) is 0 Å². The van der Waals surface area contributed by atoms with Gasteiger partial charge in [-0.05, 0) is 37.8 Å². The average Bonchev–Trinajstić information content (AvgIpc) is 2.65. The Morgan fingerprint density at radius 3 is 2.89 bits per heavy atom. The molecular weight excluding hydrogens is 372 g/mol. The van der Waals surface area contributed by atoms with Crippen molar-refractivity contribution in [2.75, 3.05) is 14.2 Å². The fraction of sp³-hybridized carbons (Fsp3) is 0.556. The predicted molar refractivity (Wildman–Crippen MR) is 99.6 cm³/mol. The van der Waals surface area contributed by atoms with Crippen molar-refractivity contribution in [1.82, 2.24) is 20.2 Å². The van der Waals surface area contributed by atoms with Gasteiger partial charge in [-0.3, -0.25) is 9.69 Å². The molecule has 2 rings (SSSR count). The van der Waals surface area contributed by atoms with Crippen LogP contribution in [0.2, 0.25) is 5.28 Å². The first-order chi connectivity index (χ1) is 12.8. The lowest BCUT2D eigenvalue weighted by molar-refractivity contribution is -0.125. The van der Waals surface area contributed by atoms with Crippen molar-refractivity contribution in [2.45, 2.75) is 44.7 Å². The highest BCUT2D eigenvalue weighted by atomic mass is 35.5. The van der Waals surface area contributed by atoms with Crippen molar-refractivity contribution in [3.63, 3.8) is 0 Å². The molecule has 27 heavy (non-hydrogen) atoms. The molecule has 0 spiro atoms. The van der Waals surface area contributed by atoms with E-state index in [1.165, 1.54) is 20.4 Å². The van der Waals surface area contributed by atoms with Gasteiger partial charge in [0.25, 0.3) is 0 Å². The lowest BCUT2D eigenvalue weighted by Crippen LogP contribution is -2.49. The van der Waals surface area contributed by atoms with Crippen molar-refractivity contribution in [3.05, 3.63) is 17.0 Å². The number of halogens is 1. The van der Waals surface area contributed by atoms with Crippen LogP contribution in [0.5, 0.6) is 5.88 Å². The second-order valence-corrected chi connectivity index (χ2v) is 6.81. The Morgan fingerprint density at radius 2 is 2.22 bits per heavy atom. The van der Waals surface area contributed by atoms with Gasteiger partial charge in [0.2, 0.25) is 17.1 Å². The first-order valence-electron chi connectivity index (χ1n) is 8.66. The van der Waals surface area contributed by atoms with E-state index < -0.39 is 12.1 Å². The second-order valence-electron chi connectivity index (χ2n) is 6.47. The van der Waals surface area contributed by atoms with Gasteiger partial charge in [-0.25, -0.2) is 9.78 Å². The maximum absolute atomic E-state index is 12.3. The molecule has 0 bridgehead atoms. The zero-order valence-corrected chi connectivity index (χ0v) is 16.3. The summed E-state index contributed by atoms with van der Waals surface area (Å²) in [5.74, 6) is 6.37. The van der Waals surface area contributed by atoms with Crippen LogP contribution >= 0.6 is 11.6 Å². The molecule has 0 aromatic carbocycles. The number of carboxylic acid groups (broad SMARTS) is 1. The molecular formula is C18H23ClN4O4. The monoisotopic (exact) mass is 394 g/mol. The lowest BCUT2D eigenvalue weighted by Gasteiger charge is -2.29. The van der Waals surface area contributed by atoms with Crippen molar-refractivity contribution < 1.29 is 19.4 Å². The van der Waals surface area contributed by atoms with E-state index in [4.69, 9.17) is 21.4 Å². The van der Waals surface area contributed by atoms with Gasteiger partial charge < -0.3 is 15.2 Å². The zero-order chi connectivity index (χ0) is 20.0. The third-order valence-electron chi connectivity index (χ3n) is 4.61. The summed E-state index contributed by atoms with van der Waals surface area (Å²) in [5, 5.41) is 12.0. The number of nitrogens with one attached hydrogen (secondary N) is 1. The number of hydrogen-bond donors (Lipinski definition) is 2. The number of amides is 2. The van der Waals surface area contributed by atoms with Crippen LogP contribution in [0.1, 0.15) is 38.2 Å². The minimum atomic E-state index is -1.14. The third kappa shape index (κ3) is 5.73. The molecule has 1 aliphatic carbocycles. The topological polar surface area (TPSA) is 105 Å². The molecule has 0 saturated heterocycles. The molecule has 1 aromatic heterocycles. The first-order valence-corrected chi connectivity index (χ1v) is 9.03. The molecule has 1 aromatic rings. The van der Waals surface area contributed by atoms with E-state index in [0.717, 1.165) is 24.2 Å². The van der Waals surface area contributed by atoms with Crippen molar-refractivity contribution >= 4 is 23.6 Å². The molecule has 1 fully saturated rings. The highest BCUT2D eigenvalue weighted by Gasteiger charge is 2.27. The Bertz CT molecular complexity index is 761. The maximum Gasteiger partial charge on any atom is 0.407 e. The lowest BCUT2D eigenvalue weighted by atomic mass is 9.86. The van der Waals surface area contributed by atoms with Crippen molar-refractivity contribution in [1.29, 1.82) is 0 Å². The average molecular weight is 395 g/mol. The molecule has 3 atom stereocenters. The molecule has 1 aliphatic rings. The van der Waals surface area contributed by atoms with E-state index in [1.807, 2.05) is 0 Å². The molecule has 0 radical (unpaired) electrons. The normalized spacial score (nSPS) is 20.0. The molecule has 146 valence electrons. The Kier molecular flexibility index (Phi) is 7.25. The summed E-state index contributed by atoms with van der Waals surface area (Å²) in [5.41, 5.74) is 0.560. The summed E-state index contributed by atoms with van der Waals surface area (Å²) >= 11 is 5.75. The van der Waals surface area contributed by atoms with Crippen molar-refractivity contribution in [3.8, 4) is 17.7 Å². The molecule has 9 heteroatoms. The molecule has 2 amide bonds. The van der Waals surface area contributed by atoms with E-state index in [2.05, 4.69) is 27.1 Å². The fourth-order valence-electron chi connectivity index (χ4n) is 2.88. The SMILES string of the molecule is COc1nc(Cl)ncc1C#C[C@@H]1CCC[C@H](NC(=O)[C@H](C)N(C)C(=O)O)C1. The van der Waals surface area contributed by atoms with Crippen LogP contribution in [0.15, 0.2) is 6.20 Å². The largest absolute Gasteiger partial charge is 0.480 e. The van der Waals surface area contributed by atoms with Crippen LogP contribution in [0.25, 0.3) is 0 Å². The van der Waals surface area contributed by atoms with Crippen molar-refractivity contribution in [2.24, 2.45) is 5.92 Å². The van der Waals surface area contributed by atoms with E-state index in [0.29, 0.717) is 17.9 Å². The van der Waals surface area contributed by atoms with Crippen LogP contribution in [0.3, 0.4) is 0 Å². The second kappa shape index (κ2) is 9.42. The molecule has 1 heterocycles. The van der Waals surface area contributed by atoms with Gasteiger partial charge in [0.05, 0.1) is 13.3 Å². The van der Waals surface area contributed by atoms with Gasteiger partial charge in [0.1, 0.15) is 11.6 Å². The molecule has 2 N–H and O–H groups in total.